The van der Waals surface area contributed by atoms with Gasteiger partial charge in [-0.25, -0.2) is 9.59 Å². The number of ether oxygens (including phenoxy) is 2. The summed E-state index contributed by atoms with van der Waals surface area (Å²) in [4.78, 5) is 35.7. The summed E-state index contributed by atoms with van der Waals surface area (Å²) in [6.45, 7) is 0. The summed E-state index contributed by atoms with van der Waals surface area (Å²) in [7, 11) is 1.19. The summed E-state index contributed by atoms with van der Waals surface area (Å²) in [5, 5.41) is 28.1. The van der Waals surface area contributed by atoms with E-state index in [4.69, 9.17) is 14.6 Å². The molecule has 1 aliphatic rings. The highest BCUT2D eigenvalue weighted by Gasteiger charge is 2.47. The van der Waals surface area contributed by atoms with E-state index in [1.807, 2.05) is 4.98 Å². The summed E-state index contributed by atoms with van der Waals surface area (Å²) in [5.41, 5.74) is -1.71. The Balaban J connectivity index is 2.45. The van der Waals surface area contributed by atoms with Crippen LogP contribution < -0.4 is 16.0 Å². The summed E-state index contributed by atoms with van der Waals surface area (Å²) in [6.07, 6.45) is -5.53. The lowest BCUT2D eigenvalue weighted by atomic mass is 10.1. The highest BCUT2D eigenvalue weighted by Crippen LogP contribution is 2.28. The molecule has 2 heterocycles. The minimum Gasteiger partial charge on any atom is -0.490 e. The second-order valence-corrected chi connectivity index (χ2v) is 4.13. The molecule has 4 N–H and O–H groups in total. The van der Waals surface area contributed by atoms with Crippen molar-refractivity contribution in [1.82, 2.24) is 9.55 Å². The Morgan fingerprint density at radius 3 is 2.55 bits per heavy atom. The zero-order valence-corrected chi connectivity index (χ0v) is 10.2. The van der Waals surface area contributed by atoms with Crippen LogP contribution in [-0.4, -0.2) is 56.3 Å². The smallest absolute Gasteiger partial charge is 0.335 e. The van der Waals surface area contributed by atoms with Crippen LogP contribution in [0.1, 0.15) is 6.23 Å². The van der Waals surface area contributed by atoms with Gasteiger partial charge < -0.3 is 24.8 Å². The minimum absolute atomic E-state index is 0.228. The molecule has 0 unspecified atom stereocenters. The number of H-pyrrole nitrogens is 1. The lowest BCUT2D eigenvalue weighted by Gasteiger charge is -2.17. The number of aromatic amines is 1. The first kappa shape index (κ1) is 14.2. The molecular weight excluding hydrogens is 276 g/mol. The van der Waals surface area contributed by atoms with Crippen molar-refractivity contribution < 1.29 is 29.6 Å². The molecule has 2 rings (SSSR count). The maximum Gasteiger partial charge on any atom is 0.335 e. The molecule has 20 heavy (non-hydrogen) atoms. The van der Waals surface area contributed by atoms with Gasteiger partial charge in [0, 0.05) is 0 Å². The third kappa shape index (κ3) is 2.19. The molecular formula is C10H12N2O8. The number of carboxylic acid groups (broad SMARTS) is 1. The van der Waals surface area contributed by atoms with Gasteiger partial charge in [0.1, 0.15) is 12.2 Å². The monoisotopic (exact) mass is 288 g/mol. The number of methoxy groups -OCH3 is 1. The molecule has 1 aliphatic heterocycles. The topological polar surface area (TPSA) is 151 Å². The molecule has 4 atom stereocenters. The summed E-state index contributed by atoms with van der Waals surface area (Å²) >= 11 is 0. The summed E-state index contributed by atoms with van der Waals surface area (Å²) < 4.78 is 10.4. The molecule has 0 bridgehead atoms. The normalized spacial score (nSPS) is 29.4. The third-order valence-electron chi connectivity index (χ3n) is 2.91. The number of hydrogen-bond acceptors (Lipinski definition) is 7. The number of aromatic nitrogens is 2. The van der Waals surface area contributed by atoms with E-state index in [1.54, 1.807) is 0 Å². The van der Waals surface area contributed by atoms with Gasteiger partial charge in [0.2, 0.25) is 5.75 Å². The Hall–Kier alpha value is -2.17. The molecule has 1 fully saturated rings. The van der Waals surface area contributed by atoms with E-state index in [9.17, 15) is 24.6 Å². The Bertz CT molecular complexity index is 635. The predicted octanol–water partition coefficient (Wildman–Crippen LogP) is -2.75. The first-order valence-corrected chi connectivity index (χ1v) is 5.50. The number of nitrogens with zero attached hydrogens (tertiary/aromatic N) is 1. The zero-order valence-electron chi connectivity index (χ0n) is 10.2. The lowest BCUT2D eigenvalue weighted by molar-refractivity contribution is -0.155. The van der Waals surface area contributed by atoms with Crippen molar-refractivity contribution in [2.75, 3.05) is 7.11 Å². The second-order valence-electron chi connectivity index (χ2n) is 4.13. The van der Waals surface area contributed by atoms with Crippen molar-refractivity contribution in [2.45, 2.75) is 24.5 Å². The maximum absolute atomic E-state index is 11.7. The molecule has 0 saturated carbocycles. The number of carbonyl (C=O) groups is 1. The highest BCUT2D eigenvalue weighted by molar-refractivity contribution is 5.73. The number of aliphatic carboxylic acids is 1. The third-order valence-corrected chi connectivity index (χ3v) is 2.91. The van der Waals surface area contributed by atoms with E-state index in [0.717, 1.165) is 10.8 Å². The number of aliphatic hydroxyl groups excluding tert-OH is 2. The minimum atomic E-state index is -1.71. The molecule has 0 aromatic carbocycles. The SMILES string of the molecule is COc1cn([C@@H]2O[C@H](C(=O)O)[C@@H](O)[C@H]2O)c(=O)[nH]c1=O. The van der Waals surface area contributed by atoms with Gasteiger partial charge in [-0.3, -0.25) is 14.3 Å². The molecule has 10 nitrogen and oxygen atoms in total. The summed E-state index contributed by atoms with van der Waals surface area (Å²) in [5.74, 6) is -1.71. The van der Waals surface area contributed by atoms with E-state index in [1.165, 1.54) is 7.11 Å². The fraction of sp³-hybridized carbons (Fsp3) is 0.500. The molecule has 1 aromatic heterocycles. The maximum atomic E-state index is 11.7. The number of hydrogen-bond donors (Lipinski definition) is 4. The van der Waals surface area contributed by atoms with Crippen LogP contribution in [0.4, 0.5) is 0 Å². The molecule has 0 spiro atoms. The van der Waals surface area contributed by atoms with Crippen molar-refractivity contribution in [3.8, 4) is 5.75 Å². The molecule has 0 amide bonds. The number of aliphatic hydroxyl groups is 2. The van der Waals surface area contributed by atoms with Crippen LogP contribution >= 0.6 is 0 Å². The van der Waals surface area contributed by atoms with Gasteiger partial charge in [0.15, 0.2) is 12.3 Å². The van der Waals surface area contributed by atoms with E-state index in [0.29, 0.717) is 0 Å². The number of nitrogens with one attached hydrogen (secondary N) is 1. The van der Waals surface area contributed by atoms with Gasteiger partial charge >= 0.3 is 11.7 Å². The van der Waals surface area contributed by atoms with Crippen molar-refractivity contribution in [1.29, 1.82) is 0 Å². The van der Waals surface area contributed by atoms with Crippen LogP contribution in [0.3, 0.4) is 0 Å². The van der Waals surface area contributed by atoms with E-state index in [2.05, 4.69) is 0 Å². The molecule has 0 radical (unpaired) electrons. The van der Waals surface area contributed by atoms with Crippen LogP contribution in [0.25, 0.3) is 0 Å². The van der Waals surface area contributed by atoms with Crippen molar-refractivity contribution in [2.24, 2.45) is 0 Å². The van der Waals surface area contributed by atoms with Crippen molar-refractivity contribution in [3.63, 3.8) is 0 Å². The Morgan fingerprint density at radius 2 is 2.05 bits per heavy atom. The van der Waals surface area contributed by atoms with Gasteiger partial charge in [-0.15, -0.1) is 0 Å². The van der Waals surface area contributed by atoms with Gasteiger partial charge in [0.25, 0.3) is 5.56 Å². The second kappa shape index (κ2) is 5.07. The number of carboxylic acids is 1. The van der Waals surface area contributed by atoms with E-state index < -0.39 is 41.8 Å². The van der Waals surface area contributed by atoms with Gasteiger partial charge in [-0.05, 0) is 0 Å². The first-order chi connectivity index (χ1) is 9.36. The fourth-order valence-electron chi connectivity index (χ4n) is 1.89. The van der Waals surface area contributed by atoms with Crippen LogP contribution in [0.5, 0.6) is 5.75 Å². The Labute approximate surface area is 110 Å². The van der Waals surface area contributed by atoms with Crippen LogP contribution in [0.2, 0.25) is 0 Å². The van der Waals surface area contributed by atoms with Crippen LogP contribution in [0.15, 0.2) is 15.8 Å². The molecule has 0 aliphatic carbocycles. The predicted molar refractivity (Wildman–Crippen MR) is 61.4 cm³/mol. The lowest BCUT2D eigenvalue weighted by Crippen LogP contribution is -2.38. The standard InChI is InChI=1S/C10H12N2O8/c1-19-3-2-12(10(18)11-7(3)15)8-5(14)4(13)6(20-8)9(16)17/h2,4-6,8,13-14H,1H3,(H,16,17)(H,11,15,18)/t4-,5+,6-,8+/m0/s1. The average Bonchev–Trinajstić information content (AvgIpc) is 2.67. The Kier molecular flexibility index (Phi) is 3.61. The zero-order chi connectivity index (χ0) is 15.0. The van der Waals surface area contributed by atoms with E-state index in [-0.39, 0.29) is 5.75 Å². The van der Waals surface area contributed by atoms with Gasteiger partial charge in [-0.2, -0.15) is 0 Å². The van der Waals surface area contributed by atoms with Crippen LogP contribution in [0, 0.1) is 0 Å². The van der Waals surface area contributed by atoms with Crippen molar-refractivity contribution in [3.05, 3.63) is 27.0 Å². The fourth-order valence-corrected chi connectivity index (χ4v) is 1.89. The Morgan fingerprint density at radius 1 is 1.40 bits per heavy atom. The quantitative estimate of drug-likeness (QED) is 0.467. The number of rotatable bonds is 3. The van der Waals surface area contributed by atoms with Gasteiger partial charge in [0.05, 0.1) is 13.3 Å². The van der Waals surface area contributed by atoms with E-state index >= 15 is 0 Å². The largest absolute Gasteiger partial charge is 0.490 e. The summed E-state index contributed by atoms with van der Waals surface area (Å²) in [6, 6.07) is 0. The first-order valence-electron chi connectivity index (χ1n) is 5.50. The van der Waals surface area contributed by atoms with Crippen LogP contribution in [-0.2, 0) is 9.53 Å². The molecule has 1 saturated heterocycles. The highest BCUT2D eigenvalue weighted by atomic mass is 16.6. The average molecular weight is 288 g/mol. The molecule has 110 valence electrons. The molecule has 10 heteroatoms. The van der Waals surface area contributed by atoms with Gasteiger partial charge in [-0.1, -0.05) is 0 Å². The van der Waals surface area contributed by atoms with Crippen molar-refractivity contribution >= 4 is 5.97 Å². The molecule has 1 aromatic rings.